The van der Waals surface area contributed by atoms with E-state index in [4.69, 9.17) is 10.5 Å². The van der Waals surface area contributed by atoms with Gasteiger partial charge < -0.3 is 15.8 Å². The molecule has 0 saturated heterocycles. The second-order valence-corrected chi connectivity index (χ2v) is 5.76. The van der Waals surface area contributed by atoms with E-state index in [1.165, 1.54) is 0 Å². The van der Waals surface area contributed by atoms with Gasteiger partial charge in [-0.25, -0.2) is 4.98 Å². The largest absolute Gasteiger partial charge is 0.489 e. The number of amides is 1. The van der Waals surface area contributed by atoms with Gasteiger partial charge in [0, 0.05) is 12.6 Å². The number of pyridine rings is 1. The van der Waals surface area contributed by atoms with Crippen LogP contribution in [0.1, 0.15) is 31.4 Å². The van der Waals surface area contributed by atoms with E-state index in [2.05, 4.69) is 10.3 Å². The number of nitrogens with two attached hydrogens (primary N) is 1. The summed E-state index contributed by atoms with van der Waals surface area (Å²) in [4.78, 5) is 16.2. The van der Waals surface area contributed by atoms with E-state index in [9.17, 15) is 4.79 Å². The summed E-state index contributed by atoms with van der Waals surface area (Å²) in [6, 6.07) is 9.40. The van der Waals surface area contributed by atoms with Gasteiger partial charge >= 0.3 is 0 Å². The lowest BCUT2D eigenvalue weighted by molar-refractivity contribution is -0.116. The number of ether oxygens (including phenoxy) is 1. The van der Waals surface area contributed by atoms with E-state index in [1.54, 1.807) is 6.20 Å². The van der Waals surface area contributed by atoms with Gasteiger partial charge in [-0.15, -0.1) is 0 Å². The first-order valence-corrected chi connectivity index (χ1v) is 7.72. The minimum absolute atomic E-state index is 0.0621. The first-order valence-electron chi connectivity index (χ1n) is 7.72. The Morgan fingerprint density at radius 2 is 2.13 bits per heavy atom. The lowest BCUT2D eigenvalue weighted by Crippen LogP contribution is -2.14. The number of nitrogens with zero attached hydrogens (tertiary/aromatic N) is 1. The molecule has 5 nitrogen and oxygen atoms in total. The van der Waals surface area contributed by atoms with Crippen molar-refractivity contribution in [2.45, 2.75) is 39.7 Å². The molecular weight excluding hydrogens is 290 g/mol. The zero-order chi connectivity index (χ0) is 16.8. The quantitative estimate of drug-likeness (QED) is 0.802. The summed E-state index contributed by atoms with van der Waals surface area (Å²) >= 11 is 0. The highest BCUT2D eigenvalue weighted by Gasteiger charge is 2.08. The van der Waals surface area contributed by atoms with Crippen molar-refractivity contribution in [2.24, 2.45) is 0 Å². The molecule has 1 amide bonds. The molecule has 0 spiro atoms. The monoisotopic (exact) mass is 313 g/mol. The third-order valence-corrected chi connectivity index (χ3v) is 3.34. The van der Waals surface area contributed by atoms with Gasteiger partial charge in [-0.2, -0.15) is 0 Å². The maximum Gasteiger partial charge on any atom is 0.225 e. The molecule has 1 aromatic heterocycles. The number of aromatic nitrogens is 1. The normalized spacial score (nSPS) is 10.6. The van der Waals surface area contributed by atoms with Crippen LogP contribution in [0.5, 0.6) is 5.75 Å². The molecule has 0 atom stereocenters. The second kappa shape index (κ2) is 7.63. The first kappa shape index (κ1) is 16.8. The van der Waals surface area contributed by atoms with Crippen molar-refractivity contribution in [3.8, 4) is 5.75 Å². The lowest BCUT2D eigenvalue weighted by atomic mass is 10.1. The van der Waals surface area contributed by atoms with Crippen molar-refractivity contribution in [1.82, 2.24) is 4.98 Å². The van der Waals surface area contributed by atoms with Gasteiger partial charge in [0.15, 0.2) is 0 Å². The molecular formula is C18H23N3O2. The summed E-state index contributed by atoms with van der Waals surface area (Å²) in [5.74, 6) is 1.22. The summed E-state index contributed by atoms with van der Waals surface area (Å²) in [6.45, 7) is 5.82. The van der Waals surface area contributed by atoms with Crippen molar-refractivity contribution in [1.29, 1.82) is 0 Å². The third kappa shape index (κ3) is 4.98. The van der Waals surface area contributed by atoms with E-state index in [0.29, 0.717) is 30.1 Å². The number of anilines is 2. The molecule has 0 aliphatic heterocycles. The summed E-state index contributed by atoms with van der Waals surface area (Å²) in [5.41, 5.74) is 8.53. The molecule has 0 aliphatic carbocycles. The van der Waals surface area contributed by atoms with E-state index in [1.807, 2.05) is 51.1 Å². The van der Waals surface area contributed by atoms with Crippen LogP contribution in [0.3, 0.4) is 0 Å². The van der Waals surface area contributed by atoms with Crippen molar-refractivity contribution in [3.63, 3.8) is 0 Å². The summed E-state index contributed by atoms with van der Waals surface area (Å²) in [5, 5.41) is 2.83. The van der Waals surface area contributed by atoms with Crippen LogP contribution in [0.4, 0.5) is 11.5 Å². The predicted octanol–water partition coefficient (Wildman–Crippen LogP) is 3.33. The van der Waals surface area contributed by atoms with E-state index in [-0.39, 0.29) is 12.0 Å². The highest BCUT2D eigenvalue weighted by atomic mass is 16.5. The van der Waals surface area contributed by atoms with Crippen LogP contribution in [0.2, 0.25) is 0 Å². The number of carbonyl (C=O) groups excluding carboxylic acids is 1. The minimum atomic E-state index is -0.0621. The molecule has 1 aromatic carbocycles. The lowest BCUT2D eigenvalue weighted by Gasteiger charge is -2.13. The number of hydrogen-bond donors (Lipinski definition) is 2. The topological polar surface area (TPSA) is 77.2 Å². The van der Waals surface area contributed by atoms with Crippen LogP contribution in [0, 0.1) is 6.92 Å². The van der Waals surface area contributed by atoms with Crippen LogP contribution in [-0.2, 0) is 11.2 Å². The molecule has 0 aliphatic rings. The van der Waals surface area contributed by atoms with E-state index in [0.717, 1.165) is 11.1 Å². The molecule has 2 rings (SSSR count). The molecule has 0 unspecified atom stereocenters. The van der Waals surface area contributed by atoms with Crippen LogP contribution in [0.25, 0.3) is 0 Å². The van der Waals surface area contributed by atoms with Gasteiger partial charge in [-0.05, 0) is 56.5 Å². The Bertz CT molecular complexity index is 684. The van der Waals surface area contributed by atoms with Crippen LogP contribution in [0.15, 0.2) is 36.5 Å². The van der Waals surface area contributed by atoms with Crippen LogP contribution >= 0.6 is 0 Å². The second-order valence-electron chi connectivity index (χ2n) is 5.76. The maximum atomic E-state index is 12.0. The number of benzene rings is 1. The molecule has 23 heavy (non-hydrogen) atoms. The highest BCUT2D eigenvalue weighted by Crippen LogP contribution is 2.24. The molecule has 0 fully saturated rings. The van der Waals surface area contributed by atoms with E-state index < -0.39 is 0 Å². The molecule has 2 aromatic rings. The number of rotatable bonds is 6. The van der Waals surface area contributed by atoms with Gasteiger partial charge in [-0.3, -0.25) is 4.79 Å². The predicted molar refractivity (Wildman–Crippen MR) is 92.5 cm³/mol. The van der Waals surface area contributed by atoms with Gasteiger partial charge in [-0.1, -0.05) is 12.1 Å². The molecule has 1 heterocycles. The third-order valence-electron chi connectivity index (χ3n) is 3.34. The highest BCUT2D eigenvalue weighted by molar-refractivity contribution is 5.90. The fraction of sp³-hybridized carbons (Fsp3) is 0.333. The zero-order valence-electron chi connectivity index (χ0n) is 13.8. The fourth-order valence-corrected chi connectivity index (χ4v) is 2.18. The number of carbonyl (C=O) groups is 1. The maximum absolute atomic E-state index is 12.0. The van der Waals surface area contributed by atoms with Gasteiger partial charge in [0.1, 0.15) is 11.6 Å². The molecule has 0 radical (unpaired) electrons. The van der Waals surface area contributed by atoms with Crippen LogP contribution in [-0.4, -0.2) is 17.0 Å². The molecule has 3 N–H and O–H groups in total. The van der Waals surface area contributed by atoms with Crippen LogP contribution < -0.4 is 15.8 Å². The molecule has 0 saturated carbocycles. The number of nitrogen functional groups attached to an aromatic ring is 1. The standard InChI is InChI=1S/C18H23N3O2/c1-12(2)23-16-8-6-14(11-15(16)19)7-9-17(22)21-18-13(3)5-4-10-20-18/h4-6,8,10-12H,7,9,19H2,1-3H3,(H,20,21,22). The number of nitrogens with one attached hydrogen (secondary N) is 1. The molecule has 0 bridgehead atoms. The Balaban J connectivity index is 1.92. The molecule has 5 heteroatoms. The van der Waals surface area contributed by atoms with Crippen molar-refractivity contribution < 1.29 is 9.53 Å². The SMILES string of the molecule is Cc1cccnc1NC(=O)CCc1ccc(OC(C)C)c(N)c1. The number of hydrogen-bond acceptors (Lipinski definition) is 4. The Labute approximate surface area is 136 Å². The van der Waals surface area contributed by atoms with Gasteiger partial charge in [0.05, 0.1) is 11.8 Å². The first-order chi connectivity index (χ1) is 11.0. The average Bonchev–Trinajstić information content (AvgIpc) is 2.49. The Morgan fingerprint density at radius 1 is 1.35 bits per heavy atom. The number of aryl methyl sites for hydroxylation is 2. The zero-order valence-corrected chi connectivity index (χ0v) is 13.8. The molecule has 122 valence electrons. The summed E-state index contributed by atoms with van der Waals surface area (Å²) in [6.07, 6.45) is 2.73. The fourth-order valence-electron chi connectivity index (χ4n) is 2.18. The Hall–Kier alpha value is -2.56. The smallest absolute Gasteiger partial charge is 0.225 e. The minimum Gasteiger partial charge on any atom is -0.489 e. The van der Waals surface area contributed by atoms with Gasteiger partial charge in [0.25, 0.3) is 0 Å². The average molecular weight is 313 g/mol. The van der Waals surface area contributed by atoms with Crippen molar-refractivity contribution in [3.05, 3.63) is 47.7 Å². The van der Waals surface area contributed by atoms with Crippen molar-refractivity contribution >= 4 is 17.4 Å². The van der Waals surface area contributed by atoms with Crippen molar-refractivity contribution in [2.75, 3.05) is 11.1 Å². The van der Waals surface area contributed by atoms with Gasteiger partial charge in [0.2, 0.25) is 5.91 Å². The Morgan fingerprint density at radius 3 is 2.78 bits per heavy atom. The summed E-state index contributed by atoms with van der Waals surface area (Å²) in [7, 11) is 0. The summed E-state index contributed by atoms with van der Waals surface area (Å²) < 4.78 is 5.61. The Kier molecular flexibility index (Phi) is 5.57. The van der Waals surface area contributed by atoms with E-state index >= 15 is 0 Å².